The molecule has 0 bridgehead atoms. The minimum atomic E-state index is -0.449. The molecule has 1 saturated heterocycles. The van der Waals surface area contributed by atoms with Gasteiger partial charge in [-0.2, -0.15) is 0 Å². The lowest BCUT2D eigenvalue weighted by atomic mass is 9.75. The number of carbonyl (C=O) groups is 1. The number of nitrogens with one attached hydrogen (secondary N) is 2. The maximum atomic E-state index is 12.7. The molecule has 1 aliphatic heterocycles. The summed E-state index contributed by atoms with van der Waals surface area (Å²) in [5.74, 6) is 0.124. The average molecular weight is 270 g/mol. The summed E-state index contributed by atoms with van der Waals surface area (Å²) in [7, 11) is 0. The monoisotopic (exact) mass is 270 g/mol. The summed E-state index contributed by atoms with van der Waals surface area (Å²) in [6, 6.07) is 0. The summed E-state index contributed by atoms with van der Waals surface area (Å²) in [5.41, 5.74) is -0.729. The molecule has 4 heteroatoms. The fourth-order valence-corrected chi connectivity index (χ4v) is 3.03. The van der Waals surface area contributed by atoms with Crippen LogP contribution < -0.4 is 10.6 Å². The van der Waals surface area contributed by atoms with Crippen LogP contribution in [0.15, 0.2) is 0 Å². The van der Waals surface area contributed by atoms with Crippen molar-refractivity contribution in [2.24, 2.45) is 5.41 Å². The van der Waals surface area contributed by atoms with Gasteiger partial charge in [0, 0.05) is 6.54 Å². The largest absolute Gasteiger partial charge is 0.394 e. The summed E-state index contributed by atoms with van der Waals surface area (Å²) in [6.07, 6.45) is 5.47. The van der Waals surface area contributed by atoms with Crippen molar-refractivity contribution in [3.63, 3.8) is 0 Å². The molecule has 1 unspecified atom stereocenters. The van der Waals surface area contributed by atoms with E-state index in [9.17, 15) is 9.90 Å². The van der Waals surface area contributed by atoms with Crippen LogP contribution in [0.4, 0.5) is 0 Å². The molecule has 0 saturated carbocycles. The Morgan fingerprint density at radius 1 is 1.37 bits per heavy atom. The van der Waals surface area contributed by atoms with Gasteiger partial charge in [0.15, 0.2) is 0 Å². The summed E-state index contributed by atoms with van der Waals surface area (Å²) in [4.78, 5) is 12.7. The number of hydrogen-bond acceptors (Lipinski definition) is 3. The van der Waals surface area contributed by atoms with Crippen molar-refractivity contribution in [2.75, 3.05) is 19.7 Å². The van der Waals surface area contributed by atoms with Crippen LogP contribution in [0, 0.1) is 5.41 Å². The molecule has 0 aliphatic carbocycles. The van der Waals surface area contributed by atoms with Crippen LogP contribution in [0.1, 0.15) is 59.3 Å². The SMILES string of the molecule is CCCC1(C(=O)NC(CC)(CC)CO)CCCNC1. The highest BCUT2D eigenvalue weighted by molar-refractivity contribution is 5.83. The second kappa shape index (κ2) is 7.25. The Labute approximate surface area is 117 Å². The standard InChI is InChI=1S/C15H30N2O2/c1-4-8-14(9-7-10-16-11-14)13(19)17-15(5-2,6-3)12-18/h16,18H,4-12H2,1-3H3,(H,17,19). The van der Waals surface area contributed by atoms with Crippen LogP contribution >= 0.6 is 0 Å². The maximum Gasteiger partial charge on any atom is 0.228 e. The summed E-state index contributed by atoms with van der Waals surface area (Å²) < 4.78 is 0. The lowest BCUT2D eigenvalue weighted by molar-refractivity contribution is -0.135. The molecular formula is C15H30N2O2. The lowest BCUT2D eigenvalue weighted by Crippen LogP contribution is -2.58. The molecule has 3 N–H and O–H groups in total. The summed E-state index contributed by atoms with van der Waals surface area (Å²) in [6.45, 7) is 7.95. The minimum absolute atomic E-state index is 0.0153. The van der Waals surface area contributed by atoms with E-state index in [0.717, 1.165) is 51.6 Å². The average Bonchev–Trinajstić information content (AvgIpc) is 2.46. The fourth-order valence-electron chi connectivity index (χ4n) is 3.03. The zero-order valence-corrected chi connectivity index (χ0v) is 12.7. The van der Waals surface area contributed by atoms with Gasteiger partial charge in [0.1, 0.15) is 0 Å². The van der Waals surface area contributed by atoms with Gasteiger partial charge in [-0.3, -0.25) is 4.79 Å². The summed E-state index contributed by atoms with van der Waals surface area (Å²) >= 11 is 0. The van der Waals surface area contributed by atoms with Gasteiger partial charge < -0.3 is 15.7 Å². The first-order chi connectivity index (χ1) is 9.08. The van der Waals surface area contributed by atoms with E-state index in [4.69, 9.17) is 0 Å². The Hall–Kier alpha value is -0.610. The van der Waals surface area contributed by atoms with Crippen molar-refractivity contribution < 1.29 is 9.90 Å². The van der Waals surface area contributed by atoms with Gasteiger partial charge in [0.25, 0.3) is 0 Å². The molecular weight excluding hydrogens is 240 g/mol. The van der Waals surface area contributed by atoms with E-state index >= 15 is 0 Å². The Bertz CT molecular complexity index is 268. The first-order valence-corrected chi connectivity index (χ1v) is 7.72. The Morgan fingerprint density at radius 2 is 2.05 bits per heavy atom. The van der Waals surface area contributed by atoms with Gasteiger partial charge in [-0.1, -0.05) is 27.2 Å². The smallest absolute Gasteiger partial charge is 0.228 e. The summed E-state index contributed by atoms with van der Waals surface area (Å²) in [5, 5.41) is 16.1. The number of rotatable bonds is 7. The minimum Gasteiger partial charge on any atom is -0.394 e. The maximum absolute atomic E-state index is 12.7. The van der Waals surface area contributed by atoms with Crippen molar-refractivity contribution in [2.45, 2.75) is 64.8 Å². The van der Waals surface area contributed by atoms with E-state index in [2.05, 4.69) is 17.6 Å². The molecule has 4 nitrogen and oxygen atoms in total. The van der Waals surface area contributed by atoms with E-state index in [1.54, 1.807) is 0 Å². The molecule has 0 aromatic rings. The molecule has 1 fully saturated rings. The lowest BCUT2D eigenvalue weighted by Gasteiger charge is -2.40. The molecule has 19 heavy (non-hydrogen) atoms. The number of piperidine rings is 1. The van der Waals surface area contributed by atoms with Crippen molar-refractivity contribution in [3.05, 3.63) is 0 Å². The first kappa shape index (κ1) is 16.4. The van der Waals surface area contributed by atoms with E-state index in [0.29, 0.717) is 0 Å². The van der Waals surface area contributed by atoms with Gasteiger partial charge in [-0.25, -0.2) is 0 Å². The topological polar surface area (TPSA) is 61.4 Å². The Kier molecular flexibility index (Phi) is 6.27. The molecule has 0 spiro atoms. The number of aliphatic hydroxyl groups excluding tert-OH is 1. The van der Waals surface area contributed by atoms with Gasteiger partial charge >= 0.3 is 0 Å². The van der Waals surface area contributed by atoms with Crippen LogP contribution in [-0.2, 0) is 4.79 Å². The predicted molar refractivity (Wildman–Crippen MR) is 78.0 cm³/mol. The zero-order chi connectivity index (χ0) is 14.4. The van der Waals surface area contributed by atoms with Crippen LogP contribution in [0.5, 0.6) is 0 Å². The molecule has 0 radical (unpaired) electrons. The highest BCUT2D eigenvalue weighted by Gasteiger charge is 2.41. The van der Waals surface area contributed by atoms with Gasteiger partial charge in [-0.15, -0.1) is 0 Å². The van der Waals surface area contributed by atoms with Crippen LogP contribution in [0.25, 0.3) is 0 Å². The van der Waals surface area contributed by atoms with E-state index in [1.807, 2.05) is 13.8 Å². The van der Waals surface area contributed by atoms with E-state index in [1.165, 1.54) is 0 Å². The number of hydrogen-bond donors (Lipinski definition) is 3. The van der Waals surface area contributed by atoms with Gasteiger partial charge in [-0.05, 0) is 38.6 Å². The van der Waals surface area contributed by atoms with Crippen molar-refractivity contribution >= 4 is 5.91 Å². The highest BCUT2D eigenvalue weighted by atomic mass is 16.3. The zero-order valence-electron chi connectivity index (χ0n) is 12.7. The molecule has 1 aliphatic rings. The first-order valence-electron chi connectivity index (χ1n) is 7.72. The van der Waals surface area contributed by atoms with Crippen LogP contribution in [0.2, 0.25) is 0 Å². The van der Waals surface area contributed by atoms with Crippen LogP contribution in [0.3, 0.4) is 0 Å². The second-order valence-corrected chi connectivity index (χ2v) is 5.91. The third-order valence-corrected chi connectivity index (χ3v) is 4.72. The van der Waals surface area contributed by atoms with Crippen LogP contribution in [-0.4, -0.2) is 36.2 Å². The molecule has 1 atom stereocenters. The fraction of sp³-hybridized carbons (Fsp3) is 0.933. The molecule has 112 valence electrons. The molecule has 1 rings (SSSR count). The Balaban J connectivity index is 2.82. The van der Waals surface area contributed by atoms with Gasteiger partial charge in [0.05, 0.1) is 17.6 Å². The Morgan fingerprint density at radius 3 is 2.47 bits per heavy atom. The van der Waals surface area contributed by atoms with E-state index < -0.39 is 5.54 Å². The predicted octanol–water partition coefficient (Wildman–Crippen LogP) is 1.82. The quantitative estimate of drug-likeness (QED) is 0.661. The highest BCUT2D eigenvalue weighted by Crippen LogP contribution is 2.33. The number of amides is 1. The van der Waals surface area contributed by atoms with E-state index in [-0.39, 0.29) is 17.9 Å². The van der Waals surface area contributed by atoms with Crippen molar-refractivity contribution in [3.8, 4) is 0 Å². The van der Waals surface area contributed by atoms with Gasteiger partial charge in [0.2, 0.25) is 5.91 Å². The number of aliphatic hydroxyl groups is 1. The molecule has 1 amide bonds. The second-order valence-electron chi connectivity index (χ2n) is 5.91. The van der Waals surface area contributed by atoms with Crippen molar-refractivity contribution in [1.82, 2.24) is 10.6 Å². The number of carbonyl (C=O) groups excluding carboxylic acids is 1. The molecule has 0 aromatic carbocycles. The molecule has 1 heterocycles. The third-order valence-electron chi connectivity index (χ3n) is 4.72. The molecule has 0 aromatic heterocycles. The third kappa shape index (κ3) is 3.69. The normalized spacial score (nSPS) is 24.2. The van der Waals surface area contributed by atoms with Crippen molar-refractivity contribution in [1.29, 1.82) is 0 Å².